The summed E-state index contributed by atoms with van der Waals surface area (Å²) in [5.41, 5.74) is 1.72. The van der Waals surface area contributed by atoms with Gasteiger partial charge < -0.3 is 9.84 Å². The number of benzene rings is 1. The van der Waals surface area contributed by atoms with Gasteiger partial charge in [-0.1, -0.05) is 11.6 Å². The Morgan fingerprint density at radius 2 is 2.23 bits per heavy atom. The molecule has 0 unspecified atom stereocenters. The van der Waals surface area contributed by atoms with Crippen LogP contribution in [0.2, 0.25) is 5.02 Å². The lowest BCUT2D eigenvalue weighted by Crippen LogP contribution is -2.08. The Morgan fingerprint density at radius 3 is 2.86 bits per heavy atom. The van der Waals surface area contributed by atoms with Crippen molar-refractivity contribution in [3.05, 3.63) is 46.2 Å². The number of carboxylic acid groups (broad SMARTS) is 1. The number of carbonyl (C=O) groups is 1. The molecule has 0 aliphatic heterocycles. The molecule has 6 heteroatoms. The van der Waals surface area contributed by atoms with Gasteiger partial charge in [-0.3, -0.25) is 4.68 Å². The van der Waals surface area contributed by atoms with Gasteiger partial charge in [0.25, 0.3) is 0 Å². The molecular weight excluding hydrogens is 304 g/mol. The SMILES string of the molecule is Cc1cc(C(=O)O)nn1Cc1cc(Cl)ccc1OCC1CC1. The molecule has 2 aromatic rings. The van der Waals surface area contributed by atoms with Gasteiger partial charge in [-0.25, -0.2) is 4.79 Å². The number of nitrogens with zero attached hydrogens (tertiary/aromatic N) is 2. The molecule has 1 aromatic carbocycles. The zero-order valence-electron chi connectivity index (χ0n) is 12.3. The van der Waals surface area contributed by atoms with E-state index in [1.54, 1.807) is 16.8 Å². The van der Waals surface area contributed by atoms with Gasteiger partial charge >= 0.3 is 5.97 Å². The smallest absolute Gasteiger partial charge is 0.356 e. The van der Waals surface area contributed by atoms with E-state index in [1.807, 2.05) is 19.1 Å². The van der Waals surface area contributed by atoms with Crippen molar-refractivity contribution >= 4 is 17.6 Å². The monoisotopic (exact) mass is 320 g/mol. The maximum absolute atomic E-state index is 11.0. The maximum Gasteiger partial charge on any atom is 0.356 e. The van der Waals surface area contributed by atoms with Gasteiger partial charge in [-0.2, -0.15) is 5.10 Å². The molecule has 1 heterocycles. The lowest BCUT2D eigenvalue weighted by atomic mass is 10.2. The molecule has 1 aromatic heterocycles. The van der Waals surface area contributed by atoms with Gasteiger partial charge in [0.15, 0.2) is 5.69 Å². The Bertz CT molecular complexity index is 707. The molecule has 116 valence electrons. The predicted molar refractivity (Wildman–Crippen MR) is 82.7 cm³/mol. The number of aryl methyl sites for hydroxylation is 1. The van der Waals surface area contributed by atoms with Gasteiger partial charge in [-0.15, -0.1) is 0 Å². The largest absolute Gasteiger partial charge is 0.493 e. The third kappa shape index (κ3) is 3.42. The van der Waals surface area contributed by atoms with E-state index >= 15 is 0 Å². The van der Waals surface area contributed by atoms with E-state index in [0.717, 1.165) is 17.0 Å². The third-order valence-electron chi connectivity index (χ3n) is 3.71. The Morgan fingerprint density at radius 1 is 1.45 bits per heavy atom. The zero-order chi connectivity index (χ0) is 15.7. The van der Waals surface area contributed by atoms with Crippen LogP contribution >= 0.6 is 11.6 Å². The molecule has 0 amide bonds. The lowest BCUT2D eigenvalue weighted by molar-refractivity contribution is 0.0689. The first-order valence-electron chi connectivity index (χ1n) is 7.22. The summed E-state index contributed by atoms with van der Waals surface area (Å²) in [6.07, 6.45) is 2.45. The molecule has 1 N–H and O–H groups in total. The number of rotatable bonds is 6. The Balaban J connectivity index is 1.83. The summed E-state index contributed by atoms with van der Waals surface area (Å²) in [5, 5.41) is 13.7. The van der Waals surface area contributed by atoms with Gasteiger partial charge in [0, 0.05) is 16.3 Å². The summed E-state index contributed by atoms with van der Waals surface area (Å²) < 4.78 is 7.52. The van der Waals surface area contributed by atoms with E-state index in [2.05, 4.69) is 5.10 Å². The van der Waals surface area contributed by atoms with Crippen molar-refractivity contribution in [1.82, 2.24) is 9.78 Å². The topological polar surface area (TPSA) is 64.3 Å². The van der Waals surface area contributed by atoms with E-state index in [-0.39, 0.29) is 5.69 Å². The van der Waals surface area contributed by atoms with Crippen LogP contribution in [-0.2, 0) is 6.54 Å². The highest BCUT2D eigenvalue weighted by atomic mass is 35.5. The Kier molecular flexibility index (Phi) is 4.07. The number of ether oxygens (including phenoxy) is 1. The Labute approximate surface area is 133 Å². The number of carboxylic acids is 1. The van der Waals surface area contributed by atoms with Crippen molar-refractivity contribution in [3.63, 3.8) is 0 Å². The number of halogens is 1. The molecule has 0 bridgehead atoms. The summed E-state index contributed by atoms with van der Waals surface area (Å²) in [6.45, 7) is 2.97. The third-order valence-corrected chi connectivity index (χ3v) is 3.95. The average Bonchev–Trinajstić information content (AvgIpc) is 3.22. The normalized spacial score (nSPS) is 14.1. The van der Waals surface area contributed by atoms with Crippen LogP contribution in [0.5, 0.6) is 5.75 Å². The minimum atomic E-state index is -1.03. The van der Waals surface area contributed by atoms with Gasteiger partial charge in [0.2, 0.25) is 0 Å². The molecule has 22 heavy (non-hydrogen) atoms. The van der Waals surface area contributed by atoms with Gasteiger partial charge in [-0.05, 0) is 49.9 Å². The van der Waals surface area contributed by atoms with Crippen LogP contribution in [0.4, 0.5) is 0 Å². The number of hydrogen-bond donors (Lipinski definition) is 1. The standard InChI is InChI=1S/C16H17ClN2O3/c1-10-6-14(16(20)21)18-19(10)8-12-7-13(17)4-5-15(12)22-9-11-2-3-11/h4-7,11H,2-3,8-9H2,1H3,(H,20,21). The van der Waals surface area contributed by atoms with Crippen molar-refractivity contribution in [1.29, 1.82) is 0 Å². The van der Waals surface area contributed by atoms with Crippen molar-refractivity contribution < 1.29 is 14.6 Å². The lowest BCUT2D eigenvalue weighted by Gasteiger charge is -2.12. The van der Waals surface area contributed by atoms with Crippen LogP contribution in [-0.4, -0.2) is 27.5 Å². The molecule has 0 saturated heterocycles. The second kappa shape index (κ2) is 6.01. The van der Waals surface area contributed by atoms with E-state index in [9.17, 15) is 4.79 Å². The average molecular weight is 321 g/mol. The minimum Gasteiger partial charge on any atom is -0.493 e. The summed E-state index contributed by atoms with van der Waals surface area (Å²) in [6, 6.07) is 7.05. The molecule has 5 nitrogen and oxygen atoms in total. The van der Waals surface area contributed by atoms with Gasteiger partial charge in [0.05, 0.1) is 13.2 Å². The second-order valence-corrected chi connectivity index (χ2v) is 6.08. The first kappa shape index (κ1) is 14.9. The highest BCUT2D eigenvalue weighted by Gasteiger charge is 2.22. The van der Waals surface area contributed by atoms with E-state index < -0.39 is 5.97 Å². The van der Waals surface area contributed by atoms with E-state index in [1.165, 1.54) is 12.8 Å². The quantitative estimate of drug-likeness (QED) is 0.886. The fourth-order valence-corrected chi connectivity index (χ4v) is 2.44. The fraction of sp³-hybridized carbons (Fsp3) is 0.375. The molecule has 3 rings (SSSR count). The molecule has 1 fully saturated rings. The van der Waals surface area contributed by atoms with Crippen molar-refractivity contribution in [2.24, 2.45) is 5.92 Å². The summed E-state index contributed by atoms with van der Waals surface area (Å²) in [5.74, 6) is 0.412. The number of aromatic carboxylic acids is 1. The molecule has 1 saturated carbocycles. The minimum absolute atomic E-state index is 0.0416. The van der Waals surface area contributed by atoms with Crippen molar-refractivity contribution in [2.75, 3.05) is 6.61 Å². The summed E-state index contributed by atoms with van der Waals surface area (Å²) in [7, 11) is 0. The maximum atomic E-state index is 11.0. The van der Waals surface area contributed by atoms with Crippen molar-refractivity contribution in [2.45, 2.75) is 26.3 Å². The molecule has 1 aliphatic rings. The fourth-order valence-electron chi connectivity index (χ4n) is 2.24. The van der Waals surface area contributed by atoms with E-state index in [4.69, 9.17) is 21.4 Å². The summed E-state index contributed by atoms with van der Waals surface area (Å²) in [4.78, 5) is 11.0. The zero-order valence-corrected chi connectivity index (χ0v) is 13.0. The van der Waals surface area contributed by atoms with Crippen molar-refractivity contribution in [3.8, 4) is 5.75 Å². The second-order valence-electron chi connectivity index (χ2n) is 5.64. The van der Waals surface area contributed by atoms with E-state index in [0.29, 0.717) is 24.1 Å². The van der Waals surface area contributed by atoms with Crippen LogP contribution in [0.25, 0.3) is 0 Å². The van der Waals surface area contributed by atoms with Crippen LogP contribution in [0, 0.1) is 12.8 Å². The molecule has 0 atom stereocenters. The van der Waals surface area contributed by atoms with Gasteiger partial charge in [0.1, 0.15) is 5.75 Å². The Hall–Kier alpha value is -2.01. The number of aromatic nitrogens is 2. The molecule has 0 radical (unpaired) electrons. The molecular formula is C16H17ClN2O3. The highest BCUT2D eigenvalue weighted by molar-refractivity contribution is 6.30. The van der Waals surface area contributed by atoms with Crippen LogP contribution < -0.4 is 4.74 Å². The predicted octanol–water partition coefficient (Wildman–Crippen LogP) is 3.38. The van der Waals surface area contributed by atoms with Crippen LogP contribution in [0.3, 0.4) is 0 Å². The number of hydrogen-bond acceptors (Lipinski definition) is 3. The molecule has 0 spiro atoms. The molecule has 1 aliphatic carbocycles. The van der Waals surface area contributed by atoms with Crippen LogP contribution in [0.15, 0.2) is 24.3 Å². The first-order chi connectivity index (χ1) is 10.5. The highest BCUT2D eigenvalue weighted by Crippen LogP contribution is 2.31. The summed E-state index contributed by atoms with van der Waals surface area (Å²) >= 11 is 6.07. The first-order valence-corrected chi connectivity index (χ1v) is 7.59. The van der Waals surface area contributed by atoms with Crippen LogP contribution in [0.1, 0.15) is 34.6 Å².